The fourth-order valence-electron chi connectivity index (χ4n) is 3.10. The van der Waals surface area contributed by atoms with E-state index < -0.39 is 10.0 Å². The van der Waals surface area contributed by atoms with Crippen molar-refractivity contribution in [3.8, 4) is 0 Å². The molecule has 25 heavy (non-hydrogen) atoms. The quantitative estimate of drug-likeness (QED) is 0.801. The van der Waals surface area contributed by atoms with Crippen LogP contribution in [0.1, 0.15) is 16.7 Å². The van der Waals surface area contributed by atoms with E-state index in [0.717, 1.165) is 19.6 Å². The van der Waals surface area contributed by atoms with Gasteiger partial charge in [0.25, 0.3) is 0 Å². The number of rotatable bonds is 5. The largest absolute Gasteiger partial charge is 0.296 e. The number of halogens is 1. The van der Waals surface area contributed by atoms with E-state index in [0.29, 0.717) is 23.7 Å². The molecule has 1 heterocycles. The highest BCUT2D eigenvalue weighted by atomic mass is 35.5. The molecule has 2 aromatic rings. The molecule has 0 amide bonds. The second kappa shape index (κ2) is 7.87. The standard InChI is InChI=1S/C19H23ClN2O2S/c1-16-6-2-3-7-17(16)14-21-10-12-22(13-11-21)25(23,24)15-18-8-4-5-9-19(18)20/h2-9H,10-15H2,1H3. The van der Waals surface area contributed by atoms with Crippen molar-refractivity contribution in [3.63, 3.8) is 0 Å². The van der Waals surface area contributed by atoms with Crippen LogP contribution in [0, 0.1) is 6.92 Å². The lowest BCUT2D eigenvalue weighted by molar-refractivity contribution is 0.181. The second-order valence-electron chi connectivity index (χ2n) is 6.45. The van der Waals surface area contributed by atoms with Crippen LogP contribution in [0.2, 0.25) is 5.02 Å². The summed E-state index contributed by atoms with van der Waals surface area (Å²) < 4.78 is 26.9. The Labute approximate surface area is 155 Å². The van der Waals surface area contributed by atoms with E-state index in [-0.39, 0.29) is 5.75 Å². The molecule has 0 saturated carbocycles. The van der Waals surface area contributed by atoms with Gasteiger partial charge in [0.2, 0.25) is 10.0 Å². The van der Waals surface area contributed by atoms with Gasteiger partial charge in [0, 0.05) is 37.7 Å². The summed E-state index contributed by atoms with van der Waals surface area (Å²) in [5.41, 5.74) is 3.23. The fourth-order valence-corrected chi connectivity index (χ4v) is 4.93. The zero-order chi connectivity index (χ0) is 17.9. The summed E-state index contributed by atoms with van der Waals surface area (Å²) in [7, 11) is -3.34. The van der Waals surface area contributed by atoms with Crippen LogP contribution in [-0.4, -0.2) is 43.8 Å². The zero-order valence-corrected chi connectivity index (χ0v) is 15.9. The normalized spacial score (nSPS) is 16.9. The third kappa shape index (κ3) is 4.61. The summed E-state index contributed by atoms with van der Waals surface area (Å²) in [4.78, 5) is 2.31. The Morgan fingerprint density at radius 2 is 1.52 bits per heavy atom. The highest BCUT2D eigenvalue weighted by Crippen LogP contribution is 2.21. The van der Waals surface area contributed by atoms with Gasteiger partial charge >= 0.3 is 0 Å². The predicted molar refractivity (Wildman–Crippen MR) is 102 cm³/mol. The van der Waals surface area contributed by atoms with Gasteiger partial charge in [0.15, 0.2) is 0 Å². The Kier molecular flexibility index (Phi) is 5.79. The van der Waals surface area contributed by atoms with Crippen LogP contribution in [-0.2, 0) is 22.3 Å². The molecule has 0 aliphatic carbocycles. The molecule has 3 rings (SSSR count). The third-order valence-corrected chi connectivity index (χ3v) is 6.87. The van der Waals surface area contributed by atoms with Crippen LogP contribution in [0.4, 0.5) is 0 Å². The Bertz CT molecular complexity index is 831. The lowest BCUT2D eigenvalue weighted by atomic mass is 10.1. The van der Waals surface area contributed by atoms with Gasteiger partial charge in [-0.2, -0.15) is 4.31 Å². The fraction of sp³-hybridized carbons (Fsp3) is 0.368. The van der Waals surface area contributed by atoms with Crippen molar-refractivity contribution in [1.29, 1.82) is 0 Å². The molecule has 0 bridgehead atoms. The maximum absolute atomic E-state index is 12.7. The molecule has 0 atom stereocenters. The average Bonchev–Trinajstić information content (AvgIpc) is 2.59. The molecular formula is C19H23ClN2O2S. The number of nitrogens with zero attached hydrogens (tertiary/aromatic N) is 2. The first-order valence-electron chi connectivity index (χ1n) is 8.44. The molecule has 2 aromatic carbocycles. The van der Waals surface area contributed by atoms with Gasteiger partial charge in [-0.05, 0) is 29.7 Å². The first-order valence-corrected chi connectivity index (χ1v) is 10.4. The highest BCUT2D eigenvalue weighted by Gasteiger charge is 2.27. The Morgan fingerprint density at radius 1 is 0.920 bits per heavy atom. The van der Waals surface area contributed by atoms with E-state index >= 15 is 0 Å². The predicted octanol–water partition coefficient (Wildman–Crippen LogP) is 3.30. The molecule has 0 radical (unpaired) electrons. The van der Waals surface area contributed by atoms with Crippen LogP contribution < -0.4 is 0 Å². The summed E-state index contributed by atoms with van der Waals surface area (Å²) in [6, 6.07) is 15.5. The van der Waals surface area contributed by atoms with E-state index in [2.05, 4.69) is 24.0 Å². The first-order chi connectivity index (χ1) is 12.0. The molecule has 1 saturated heterocycles. The summed E-state index contributed by atoms with van der Waals surface area (Å²) in [6.45, 7) is 5.52. The van der Waals surface area contributed by atoms with Gasteiger partial charge in [-0.1, -0.05) is 54.1 Å². The van der Waals surface area contributed by atoms with Crippen molar-refractivity contribution in [3.05, 3.63) is 70.2 Å². The lowest BCUT2D eigenvalue weighted by Gasteiger charge is -2.34. The Balaban J connectivity index is 1.60. The van der Waals surface area contributed by atoms with Gasteiger partial charge in [-0.25, -0.2) is 8.42 Å². The van der Waals surface area contributed by atoms with E-state index in [1.165, 1.54) is 11.1 Å². The van der Waals surface area contributed by atoms with Crippen molar-refractivity contribution in [2.24, 2.45) is 0 Å². The maximum atomic E-state index is 12.7. The van der Waals surface area contributed by atoms with Crippen molar-refractivity contribution >= 4 is 21.6 Å². The zero-order valence-electron chi connectivity index (χ0n) is 14.4. The number of hydrogen-bond acceptors (Lipinski definition) is 3. The number of hydrogen-bond donors (Lipinski definition) is 0. The van der Waals surface area contributed by atoms with Gasteiger partial charge in [-0.3, -0.25) is 4.90 Å². The highest BCUT2D eigenvalue weighted by molar-refractivity contribution is 7.88. The molecule has 1 aliphatic rings. The summed E-state index contributed by atoms with van der Waals surface area (Å²) in [5.74, 6) is -0.0372. The molecule has 6 heteroatoms. The second-order valence-corrected chi connectivity index (χ2v) is 8.83. The number of benzene rings is 2. The molecule has 134 valence electrons. The monoisotopic (exact) mass is 378 g/mol. The Morgan fingerprint density at radius 3 is 2.16 bits per heavy atom. The molecule has 0 aromatic heterocycles. The minimum atomic E-state index is -3.34. The van der Waals surface area contributed by atoms with Gasteiger partial charge < -0.3 is 0 Å². The van der Waals surface area contributed by atoms with Crippen LogP contribution in [0.25, 0.3) is 0 Å². The van der Waals surface area contributed by atoms with Gasteiger partial charge in [-0.15, -0.1) is 0 Å². The van der Waals surface area contributed by atoms with Gasteiger partial charge in [0.05, 0.1) is 5.75 Å². The molecule has 0 N–H and O–H groups in total. The minimum absolute atomic E-state index is 0.0372. The average molecular weight is 379 g/mol. The van der Waals surface area contributed by atoms with E-state index in [9.17, 15) is 8.42 Å². The maximum Gasteiger partial charge on any atom is 0.218 e. The molecule has 4 nitrogen and oxygen atoms in total. The summed E-state index contributed by atoms with van der Waals surface area (Å²) in [5, 5.41) is 0.504. The van der Waals surface area contributed by atoms with Crippen LogP contribution in [0.5, 0.6) is 0 Å². The Hall–Kier alpha value is -1.40. The molecular weight excluding hydrogens is 356 g/mol. The SMILES string of the molecule is Cc1ccccc1CN1CCN(S(=O)(=O)Cc2ccccc2Cl)CC1. The minimum Gasteiger partial charge on any atom is -0.296 e. The summed E-state index contributed by atoms with van der Waals surface area (Å²) >= 11 is 6.11. The van der Waals surface area contributed by atoms with Crippen molar-refractivity contribution in [1.82, 2.24) is 9.21 Å². The van der Waals surface area contributed by atoms with Crippen molar-refractivity contribution < 1.29 is 8.42 Å². The third-order valence-electron chi connectivity index (χ3n) is 4.68. The smallest absolute Gasteiger partial charge is 0.218 e. The molecule has 0 unspecified atom stereocenters. The van der Waals surface area contributed by atoms with Gasteiger partial charge in [0.1, 0.15) is 0 Å². The topological polar surface area (TPSA) is 40.6 Å². The van der Waals surface area contributed by atoms with E-state index in [4.69, 9.17) is 11.6 Å². The van der Waals surface area contributed by atoms with Crippen LogP contribution in [0.15, 0.2) is 48.5 Å². The molecule has 1 fully saturated rings. The number of piperazine rings is 1. The molecule has 1 aliphatic heterocycles. The van der Waals surface area contributed by atoms with Crippen LogP contribution in [0.3, 0.4) is 0 Å². The van der Waals surface area contributed by atoms with E-state index in [1.807, 2.05) is 24.3 Å². The summed E-state index contributed by atoms with van der Waals surface area (Å²) in [6.07, 6.45) is 0. The lowest BCUT2D eigenvalue weighted by Crippen LogP contribution is -2.48. The van der Waals surface area contributed by atoms with Crippen LogP contribution >= 0.6 is 11.6 Å². The number of sulfonamides is 1. The number of aryl methyl sites for hydroxylation is 1. The van der Waals surface area contributed by atoms with E-state index in [1.54, 1.807) is 16.4 Å². The first kappa shape index (κ1) is 18.4. The molecule has 0 spiro atoms. The van der Waals surface area contributed by atoms with Crippen molar-refractivity contribution in [2.75, 3.05) is 26.2 Å². The van der Waals surface area contributed by atoms with Crippen molar-refractivity contribution in [2.45, 2.75) is 19.2 Å².